The highest BCUT2D eigenvalue weighted by molar-refractivity contribution is 9.10. The first-order valence-electron chi connectivity index (χ1n) is 8.05. The lowest BCUT2D eigenvalue weighted by molar-refractivity contribution is -0.385. The van der Waals surface area contributed by atoms with Crippen LogP contribution in [-0.4, -0.2) is 15.8 Å². The maximum Gasteiger partial charge on any atom is 0.284 e. The van der Waals surface area contributed by atoms with Crippen LogP contribution in [0.4, 0.5) is 10.8 Å². The summed E-state index contributed by atoms with van der Waals surface area (Å²) in [6.07, 6.45) is 0. The highest BCUT2D eigenvalue weighted by atomic mass is 79.9. The van der Waals surface area contributed by atoms with Gasteiger partial charge >= 0.3 is 0 Å². The first-order chi connectivity index (χ1) is 12.8. The predicted octanol–water partition coefficient (Wildman–Crippen LogP) is 5.66. The molecule has 1 N–H and O–H groups in total. The molecule has 6 nitrogen and oxygen atoms in total. The van der Waals surface area contributed by atoms with Crippen molar-refractivity contribution in [2.75, 3.05) is 5.32 Å². The lowest BCUT2D eigenvalue weighted by atomic mass is 9.98. The monoisotopic (exact) mass is 445 g/mol. The third-order valence-electron chi connectivity index (χ3n) is 4.06. The largest absolute Gasteiger partial charge is 0.298 e. The lowest BCUT2D eigenvalue weighted by Crippen LogP contribution is -2.12. The molecule has 0 radical (unpaired) electrons. The molecule has 3 rings (SSSR count). The third kappa shape index (κ3) is 4.06. The van der Waals surface area contributed by atoms with E-state index in [1.54, 1.807) is 0 Å². The maximum atomic E-state index is 12.4. The van der Waals surface area contributed by atoms with Gasteiger partial charge in [-0.15, -0.1) is 11.3 Å². The molecule has 1 heterocycles. The number of carbonyl (C=O) groups excluding carboxylic acids is 1. The van der Waals surface area contributed by atoms with Gasteiger partial charge in [0.05, 0.1) is 15.1 Å². The van der Waals surface area contributed by atoms with Crippen molar-refractivity contribution in [3.63, 3.8) is 0 Å². The van der Waals surface area contributed by atoms with E-state index in [1.807, 2.05) is 26.2 Å². The first kappa shape index (κ1) is 19.2. The number of nitro groups is 1. The molecule has 0 atom stereocenters. The molecule has 0 unspecified atom stereocenters. The highest BCUT2D eigenvalue weighted by Crippen LogP contribution is 2.31. The molecular weight excluding hydrogens is 430 g/mol. The van der Waals surface area contributed by atoms with Crippen LogP contribution < -0.4 is 5.32 Å². The molecule has 27 heavy (non-hydrogen) atoms. The number of thiazole rings is 1. The van der Waals surface area contributed by atoms with Crippen LogP contribution in [0.5, 0.6) is 0 Å². The van der Waals surface area contributed by atoms with Crippen molar-refractivity contribution in [2.24, 2.45) is 0 Å². The van der Waals surface area contributed by atoms with Crippen molar-refractivity contribution < 1.29 is 9.72 Å². The Morgan fingerprint density at radius 1 is 1.19 bits per heavy atom. The number of aryl methyl sites for hydroxylation is 3. The number of hydrogen-bond acceptors (Lipinski definition) is 5. The number of anilines is 1. The Morgan fingerprint density at radius 2 is 1.85 bits per heavy atom. The predicted molar refractivity (Wildman–Crippen MR) is 111 cm³/mol. The summed E-state index contributed by atoms with van der Waals surface area (Å²) >= 11 is 4.43. The Bertz CT molecular complexity index is 1040. The average molecular weight is 446 g/mol. The smallest absolute Gasteiger partial charge is 0.284 e. The van der Waals surface area contributed by atoms with Gasteiger partial charge in [0, 0.05) is 22.6 Å². The SMILES string of the molecule is Cc1cc(C)c(-c2csc(NC(=O)c3ccc(Br)c([N+](=O)[O-])c3)n2)c(C)c1. The molecule has 138 valence electrons. The number of benzene rings is 2. The van der Waals surface area contributed by atoms with Gasteiger partial charge in [0.1, 0.15) is 0 Å². The number of nitrogens with zero attached hydrogens (tertiary/aromatic N) is 2. The highest BCUT2D eigenvalue weighted by Gasteiger charge is 2.17. The number of carbonyl (C=O) groups is 1. The summed E-state index contributed by atoms with van der Waals surface area (Å²) in [7, 11) is 0. The Labute approximate surface area is 168 Å². The van der Waals surface area contributed by atoms with E-state index in [2.05, 4.69) is 38.4 Å². The summed E-state index contributed by atoms with van der Waals surface area (Å²) in [5, 5.41) is 16.1. The van der Waals surface area contributed by atoms with Crippen LogP contribution in [0.1, 0.15) is 27.0 Å². The number of nitrogens with one attached hydrogen (secondary N) is 1. The quantitative estimate of drug-likeness (QED) is 0.414. The molecule has 0 aliphatic heterocycles. The molecule has 0 spiro atoms. The van der Waals surface area contributed by atoms with Crippen molar-refractivity contribution in [3.8, 4) is 11.3 Å². The van der Waals surface area contributed by atoms with Gasteiger partial charge in [-0.1, -0.05) is 17.7 Å². The van der Waals surface area contributed by atoms with Crippen molar-refractivity contribution in [1.82, 2.24) is 4.98 Å². The van der Waals surface area contributed by atoms with E-state index in [4.69, 9.17) is 0 Å². The molecule has 0 saturated heterocycles. The van der Waals surface area contributed by atoms with Crippen LogP contribution in [0, 0.1) is 30.9 Å². The molecule has 0 saturated carbocycles. The van der Waals surface area contributed by atoms with Crippen molar-refractivity contribution in [1.29, 1.82) is 0 Å². The summed E-state index contributed by atoms with van der Waals surface area (Å²) in [4.78, 5) is 27.5. The van der Waals surface area contributed by atoms with Crippen LogP contribution in [0.2, 0.25) is 0 Å². The van der Waals surface area contributed by atoms with E-state index >= 15 is 0 Å². The summed E-state index contributed by atoms with van der Waals surface area (Å²) in [5.41, 5.74) is 5.33. The summed E-state index contributed by atoms with van der Waals surface area (Å²) in [6, 6.07) is 8.44. The second-order valence-corrected chi connectivity index (χ2v) is 7.90. The number of hydrogen-bond donors (Lipinski definition) is 1. The zero-order valence-electron chi connectivity index (χ0n) is 14.9. The second-order valence-electron chi connectivity index (χ2n) is 6.19. The Kier molecular flexibility index (Phi) is 5.38. The normalized spacial score (nSPS) is 10.7. The minimum Gasteiger partial charge on any atom is -0.298 e. The lowest BCUT2D eigenvalue weighted by Gasteiger charge is -2.08. The van der Waals surface area contributed by atoms with Crippen LogP contribution in [0.15, 0.2) is 40.2 Å². The van der Waals surface area contributed by atoms with E-state index < -0.39 is 10.8 Å². The van der Waals surface area contributed by atoms with E-state index in [1.165, 1.54) is 35.1 Å². The Hall–Kier alpha value is -2.58. The van der Waals surface area contributed by atoms with Gasteiger partial charge in [-0.25, -0.2) is 4.98 Å². The van der Waals surface area contributed by atoms with Crippen LogP contribution in [0.25, 0.3) is 11.3 Å². The van der Waals surface area contributed by atoms with Gasteiger partial charge in [0.15, 0.2) is 5.13 Å². The zero-order chi connectivity index (χ0) is 19.7. The van der Waals surface area contributed by atoms with E-state index in [-0.39, 0.29) is 11.3 Å². The van der Waals surface area contributed by atoms with Gasteiger partial charge < -0.3 is 0 Å². The molecule has 0 fully saturated rings. The number of halogens is 1. The first-order valence-corrected chi connectivity index (χ1v) is 9.72. The summed E-state index contributed by atoms with van der Waals surface area (Å²) in [6.45, 7) is 6.12. The topological polar surface area (TPSA) is 85.1 Å². The third-order valence-corrected chi connectivity index (χ3v) is 5.49. The Morgan fingerprint density at radius 3 is 2.48 bits per heavy atom. The van der Waals surface area contributed by atoms with Crippen molar-refractivity contribution in [2.45, 2.75) is 20.8 Å². The minimum atomic E-state index is -0.536. The number of rotatable bonds is 4. The molecule has 1 aromatic heterocycles. The molecule has 8 heteroatoms. The standard InChI is InChI=1S/C19H16BrN3O3S/c1-10-6-11(2)17(12(3)7-10)15-9-27-19(21-15)22-18(24)13-4-5-14(20)16(8-13)23(25)26/h4-9H,1-3H3,(H,21,22,24). The summed E-state index contributed by atoms with van der Waals surface area (Å²) in [5.74, 6) is -0.441. The van der Waals surface area contributed by atoms with Crippen LogP contribution in [-0.2, 0) is 0 Å². The van der Waals surface area contributed by atoms with Crippen molar-refractivity contribution >= 4 is 44.0 Å². The maximum absolute atomic E-state index is 12.4. The molecule has 3 aromatic rings. The van der Waals surface area contributed by atoms with Crippen LogP contribution >= 0.6 is 27.3 Å². The van der Waals surface area contributed by atoms with Gasteiger partial charge in [-0.3, -0.25) is 20.2 Å². The fourth-order valence-electron chi connectivity index (χ4n) is 2.99. The minimum absolute atomic E-state index is 0.159. The molecule has 0 aliphatic carbocycles. The molecular formula is C19H16BrN3O3S. The molecule has 2 aromatic carbocycles. The van der Waals surface area contributed by atoms with E-state index in [9.17, 15) is 14.9 Å². The summed E-state index contributed by atoms with van der Waals surface area (Å²) < 4.78 is 0.325. The van der Waals surface area contributed by atoms with E-state index in [0.717, 1.165) is 22.4 Å². The van der Waals surface area contributed by atoms with Gasteiger partial charge in [-0.2, -0.15) is 0 Å². The van der Waals surface area contributed by atoms with Gasteiger partial charge in [0.2, 0.25) is 0 Å². The van der Waals surface area contributed by atoms with Crippen molar-refractivity contribution in [3.05, 3.63) is 72.6 Å². The number of aromatic nitrogens is 1. The molecule has 0 bridgehead atoms. The van der Waals surface area contributed by atoms with Gasteiger partial charge in [0.25, 0.3) is 11.6 Å². The molecule has 0 aliphatic rings. The Balaban J connectivity index is 1.86. The number of nitro benzene ring substituents is 1. The van der Waals surface area contributed by atoms with Gasteiger partial charge in [-0.05, 0) is 60.0 Å². The average Bonchev–Trinajstić information content (AvgIpc) is 3.01. The zero-order valence-corrected chi connectivity index (χ0v) is 17.3. The van der Waals surface area contributed by atoms with Crippen LogP contribution in [0.3, 0.4) is 0 Å². The fraction of sp³-hybridized carbons (Fsp3) is 0.158. The van der Waals surface area contributed by atoms with E-state index in [0.29, 0.717) is 9.60 Å². The second kappa shape index (κ2) is 7.58. The fourth-order valence-corrected chi connectivity index (χ4v) is 4.08. The molecule has 1 amide bonds. The number of amides is 1.